The molecule has 192 valence electrons. The van der Waals surface area contributed by atoms with Gasteiger partial charge in [0.15, 0.2) is 0 Å². The molecule has 9 heteroatoms. The average molecular weight is 519 g/mol. The second-order valence-corrected chi connectivity index (χ2v) is 9.95. The molecule has 5 nitrogen and oxygen atoms in total. The Morgan fingerprint density at radius 2 is 1.72 bits per heavy atom. The topological polar surface area (TPSA) is 64.4 Å². The summed E-state index contributed by atoms with van der Waals surface area (Å²) in [6.45, 7) is 0.858. The van der Waals surface area contributed by atoms with Crippen LogP contribution < -0.4 is 0 Å². The van der Waals surface area contributed by atoms with Crippen molar-refractivity contribution in [3.8, 4) is 22.4 Å². The molecular formula is C27H29F3N2O3S. The van der Waals surface area contributed by atoms with Crippen LogP contribution in [0, 0.1) is 11.8 Å². The minimum atomic E-state index is -4.43. The van der Waals surface area contributed by atoms with Gasteiger partial charge < -0.3 is 9.84 Å². The quantitative estimate of drug-likeness (QED) is 0.313. The Morgan fingerprint density at radius 1 is 1.06 bits per heavy atom. The van der Waals surface area contributed by atoms with E-state index in [4.69, 9.17) is 14.9 Å². The van der Waals surface area contributed by atoms with Crippen molar-refractivity contribution >= 4 is 17.7 Å². The first-order chi connectivity index (χ1) is 17.3. The van der Waals surface area contributed by atoms with E-state index in [0.717, 1.165) is 47.9 Å². The fourth-order valence-electron chi connectivity index (χ4n) is 4.83. The number of hydrogen-bond donors (Lipinski definition) is 1. The third-order valence-electron chi connectivity index (χ3n) is 6.60. The lowest BCUT2D eigenvalue weighted by Gasteiger charge is -2.28. The van der Waals surface area contributed by atoms with Crippen molar-refractivity contribution in [3.63, 3.8) is 0 Å². The summed E-state index contributed by atoms with van der Waals surface area (Å²) >= 11 is 1.49. The number of thioether (sulfide) groups is 1. The van der Waals surface area contributed by atoms with Crippen LogP contribution in [-0.2, 0) is 22.3 Å². The van der Waals surface area contributed by atoms with Gasteiger partial charge in [-0.1, -0.05) is 42.5 Å². The van der Waals surface area contributed by atoms with Gasteiger partial charge in [-0.05, 0) is 61.5 Å². The molecule has 1 aliphatic rings. The van der Waals surface area contributed by atoms with Crippen molar-refractivity contribution in [2.24, 2.45) is 11.8 Å². The van der Waals surface area contributed by atoms with Crippen LogP contribution in [0.4, 0.5) is 13.2 Å². The SMILES string of the molecule is CSc1c(-c2cccc(C(F)(F)F)c2)c(-c2ccccc2)nn1C[C@H]1CC[C@@H](COCC(=O)O)CC1. The summed E-state index contributed by atoms with van der Waals surface area (Å²) in [5, 5.41) is 14.5. The lowest BCUT2D eigenvalue weighted by molar-refractivity contribution is -0.143. The molecule has 4 rings (SSSR count). The van der Waals surface area contributed by atoms with E-state index in [-0.39, 0.29) is 6.61 Å². The largest absolute Gasteiger partial charge is 0.480 e. The number of rotatable bonds is 9. The first-order valence-electron chi connectivity index (χ1n) is 11.9. The number of carboxylic acid groups (broad SMARTS) is 1. The lowest BCUT2D eigenvalue weighted by Crippen LogP contribution is -2.23. The molecule has 1 saturated carbocycles. The van der Waals surface area contributed by atoms with E-state index >= 15 is 0 Å². The summed E-state index contributed by atoms with van der Waals surface area (Å²) in [7, 11) is 0. The number of carbonyl (C=O) groups is 1. The fraction of sp³-hybridized carbons (Fsp3) is 0.407. The summed E-state index contributed by atoms with van der Waals surface area (Å²) in [4.78, 5) is 10.7. The molecule has 1 aliphatic carbocycles. The minimum Gasteiger partial charge on any atom is -0.480 e. The molecule has 1 heterocycles. The third kappa shape index (κ3) is 6.31. The molecule has 1 aromatic heterocycles. The number of nitrogens with zero attached hydrogens (tertiary/aromatic N) is 2. The summed E-state index contributed by atoms with van der Waals surface area (Å²) in [5.74, 6) is -0.235. The summed E-state index contributed by atoms with van der Waals surface area (Å²) in [6.07, 6.45) is 1.34. The molecule has 0 unspecified atom stereocenters. The average Bonchev–Trinajstić information content (AvgIpc) is 3.23. The highest BCUT2D eigenvalue weighted by molar-refractivity contribution is 7.98. The molecule has 0 saturated heterocycles. The van der Waals surface area contributed by atoms with Crippen molar-refractivity contribution in [3.05, 3.63) is 60.2 Å². The molecule has 2 aromatic carbocycles. The first-order valence-corrected chi connectivity index (χ1v) is 13.2. The van der Waals surface area contributed by atoms with E-state index in [0.29, 0.717) is 36.2 Å². The molecule has 1 fully saturated rings. The Hall–Kier alpha value is -2.78. The van der Waals surface area contributed by atoms with Gasteiger partial charge in [0.25, 0.3) is 0 Å². The molecule has 0 aliphatic heterocycles. The van der Waals surface area contributed by atoms with Gasteiger partial charge >= 0.3 is 12.1 Å². The smallest absolute Gasteiger partial charge is 0.416 e. The van der Waals surface area contributed by atoms with Crippen LogP contribution in [0.2, 0.25) is 0 Å². The van der Waals surface area contributed by atoms with E-state index in [1.165, 1.54) is 23.9 Å². The molecule has 1 N–H and O–H groups in total. The Balaban J connectivity index is 1.61. The number of aromatic nitrogens is 2. The molecule has 0 amide bonds. The van der Waals surface area contributed by atoms with Crippen LogP contribution in [0.1, 0.15) is 31.2 Å². The highest BCUT2D eigenvalue weighted by Crippen LogP contribution is 2.42. The zero-order valence-corrected chi connectivity index (χ0v) is 20.8. The Kier molecular flexibility index (Phi) is 8.41. The van der Waals surface area contributed by atoms with Crippen LogP contribution in [0.25, 0.3) is 22.4 Å². The van der Waals surface area contributed by atoms with Gasteiger partial charge in [-0.15, -0.1) is 11.8 Å². The predicted octanol–water partition coefficient (Wildman–Crippen LogP) is 6.87. The number of carboxylic acids is 1. The molecule has 0 spiro atoms. The number of ether oxygens (including phenoxy) is 1. The predicted molar refractivity (Wildman–Crippen MR) is 134 cm³/mol. The lowest BCUT2D eigenvalue weighted by atomic mass is 9.82. The molecule has 0 bridgehead atoms. The fourth-order valence-corrected chi connectivity index (χ4v) is 5.57. The van der Waals surface area contributed by atoms with Crippen molar-refractivity contribution in [1.82, 2.24) is 9.78 Å². The van der Waals surface area contributed by atoms with Crippen LogP contribution in [0.5, 0.6) is 0 Å². The molecule has 0 atom stereocenters. The van der Waals surface area contributed by atoms with Crippen molar-refractivity contribution < 1.29 is 27.8 Å². The Labute approximate surface area is 212 Å². The molecule has 0 radical (unpaired) electrons. The van der Waals surface area contributed by atoms with Crippen LogP contribution >= 0.6 is 11.8 Å². The van der Waals surface area contributed by atoms with Crippen molar-refractivity contribution in [2.75, 3.05) is 19.5 Å². The number of alkyl halides is 3. The highest BCUT2D eigenvalue weighted by Gasteiger charge is 2.32. The minimum absolute atomic E-state index is 0.273. The van der Waals surface area contributed by atoms with E-state index in [2.05, 4.69) is 0 Å². The Morgan fingerprint density at radius 3 is 2.36 bits per heavy atom. The molecule has 3 aromatic rings. The zero-order chi connectivity index (χ0) is 25.7. The molecular weight excluding hydrogens is 489 g/mol. The molecule has 36 heavy (non-hydrogen) atoms. The van der Waals surface area contributed by atoms with E-state index < -0.39 is 17.7 Å². The normalized spacial score (nSPS) is 18.3. The maximum atomic E-state index is 13.5. The Bertz CT molecular complexity index is 1170. The number of hydrogen-bond acceptors (Lipinski definition) is 4. The van der Waals surface area contributed by atoms with Crippen LogP contribution in [-0.4, -0.2) is 40.3 Å². The van der Waals surface area contributed by atoms with Crippen molar-refractivity contribution in [2.45, 2.75) is 43.4 Å². The first kappa shape index (κ1) is 26.3. The zero-order valence-electron chi connectivity index (χ0n) is 20.0. The highest BCUT2D eigenvalue weighted by atomic mass is 32.2. The van der Waals surface area contributed by atoms with Gasteiger partial charge in [-0.2, -0.15) is 18.3 Å². The monoisotopic (exact) mass is 518 g/mol. The van der Waals surface area contributed by atoms with Gasteiger partial charge in [0.05, 0.1) is 12.2 Å². The van der Waals surface area contributed by atoms with Gasteiger partial charge in [0.1, 0.15) is 17.3 Å². The number of aliphatic carboxylic acids is 1. The van der Waals surface area contributed by atoms with Crippen LogP contribution in [0.15, 0.2) is 59.6 Å². The second kappa shape index (κ2) is 11.5. The van der Waals surface area contributed by atoms with Crippen molar-refractivity contribution in [1.29, 1.82) is 0 Å². The summed E-state index contributed by atoms with van der Waals surface area (Å²) < 4.78 is 47.7. The van der Waals surface area contributed by atoms with Crippen LogP contribution in [0.3, 0.4) is 0 Å². The van der Waals surface area contributed by atoms with E-state index in [1.807, 2.05) is 41.3 Å². The van der Waals surface area contributed by atoms with E-state index in [1.54, 1.807) is 6.07 Å². The number of halogens is 3. The standard InChI is InChI=1S/C27H29F3N2O3S/c1-36-26-24(21-8-5-9-22(14-21)27(28,29)30)25(20-6-3-2-4-7-20)31-32(26)15-18-10-12-19(13-11-18)16-35-17-23(33)34/h2-9,14,18-19H,10-13,15-17H2,1H3,(H,33,34)/t18-,19+. The van der Waals surface area contributed by atoms with Gasteiger partial charge in [-0.25, -0.2) is 4.79 Å². The summed E-state index contributed by atoms with van der Waals surface area (Å²) in [5.41, 5.74) is 2.07. The van der Waals surface area contributed by atoms with Gasteiger partial charge in [-0.3, -0.25) is 4.68 Å². The third-order valence-corrected chi connectivity index (χ3v) is 7.40. The van der Waals surface area contributed by atoms with E-state index in [9.17, 15) is 18.0 Å². The number of benzene rings is 2. The second-order valence-electron chi connectivity index (χ2n) is 9.16. The summed E-state index contributed by atoms with van der Waals surface area (Å²) in [6, 6.07) is 15.0. The van der Waals surface area contributed by atoms with Gasteiger partial charge in [0.2, 0.25) is 0 Å². The van der Waals surface area contributed by atoms with Gasteiger partial charge in [0, 0.05) is 17.7 Å². The maximum absolute atomic E-state index is 13.5. The maximum Gasteiger partial charge on any atom is 0.416 e.